The van der Waals surface area contributed by atoms with E-state index in [4.69, 9.17) is 10.5 Å². The van der Waals surface area contributed by atoms with E-state index in [1.807, 2.05) is 0 Å². The Hall–Kier alpha value is -1.02. The average Bonchev–Trinajstić information content (AvgIpc) is 2.44. The van der Waals surface area contributed by atoms with Crippen molar-refractivity contribution in [3.05, 3.63) is 28.8 Å². The average molecular weight is 275 g/mol. The monoisotopic (exact) mass is 275 g/mol. The van der Waals surface area contributed by atoms with Crippen LogP contribution < -0.4 is 10.5 Å². The van der Waals surface area contributed by atoms with Crippen molar-refractivity contribution >= 4 is 0 Å². The van der Waals surface area contributed by atoms with Crippen LogP contribution in [0.5, 0.6) is 5.75 Å². The van der Waals surface area contributed by atoms with Gasteiger partial charge >= 0.3 is 0 Å². The van der Waals surface area contributed by atoms with Crippen molar-refractivity contribution in [2.45, 2.75) is 59.5 Å². The Bertz CT molecular complexity index is 455. The fourth-order valence-electron chi connectivity index (χ4n) is 3.35. The minimum absolute atomic E-state index is 0.290. The lowest BCUT2D eigenvalue weighted by Gasteiger charge is -2.36. The highest BCUT2D eigenvalue weighted by molar-refractivity contribution is 5.42. The van der Waals surface area contributed by atoms with Crippen LogP contribution in [0.2, 0.25) is 0 Å². The third kappa shape index (κ3) is 3.35. The lowest BCUT2D eigenvalue weighted by Crippen LogP contribution is -2.38. The van der Waals surface area contributed by atoms with E-state index in [1.54, 1.807) is 0 Å². The SMILES string of the molecule is CCC1CCC(CN)C(Oc2cc(C)cc(C)c2C)C1. The summed E-state index contributed by atoms with van der Waals surface area (Å²) in [5, 5.41) is 0. The van der Waals surface area contributed by atoms with Crippen molar-refractivity contribution in [2.75, 3.05) is 6.54 Å². The molecule has 1 aliphatic rings. The summed E-state index contributed by atoms with van der Waals surface area (Å²) in [6, 6.07) is 4.39. The van der Waals surface area contributed by atoms with Crippen molar-refractivity contribution in [3.63, 3.8) is 0 Å². The second kappa shape index (κ2) is 6.62. The van der Waals surface area contributed by atoms with E-state index in [-0.39, 0.29) is 0 Å². The molecule has 1 aromatic carbocycles. The van der Waals surface area contributed by atoms with Crippen LogP contribution in [-0.2, 0) is 0 Å². The second-order valence-corrected chi connectivity index (χ2v) is 6.44. The molecule has 0 heterocycles. The molecule has 3 unspecified atom stereocenters. The fraction of sp³-hybridized carbons (Fsp3) is 0.667. The Morgan fingerprint density at radius 3 is 2.60 bits per heavy atom. The Morgan fingerprint density at radius 1 is 1.20 bits per heavy atom. The Balaban J connectivity index is 2.18. The number of benzene rings is 1. The van der Waals surface area contributed by atoms with Gasteiger partial charge in [0.2, 0.25) is 0 Å². The third-order valence-corrected chi connectivity index (χ3v) is 4.96. The van der Waals surface area contributed by atoms with Crippen LogP contribution in [0.15, 0.2) is 12.1 Å². The van der Waals surface area contributed by atoms with E-state index in [9.17, 15) is 0 Å². The molecule has 1 aliphatic carbocycles. The molecule has 0 bridgehead atoms. The van der Waals surface area contributed by atoms with Gasteiger partial charge in [-0.25, -0.2) is 0 Å². The molecule has 0 amide bonds. The van der Waals surface area contributed by atoms with E-state index in [1.165, 1.54) is 36.0 Å². The van der Waals surface area contributed by atoms with Gasteiger partial charge in [-0.1, -0.05) is 19.4 Å². The summed E-state index contributed by atoms with van der Waals surface area (Å²) >= 11 is 0. The molecule has 0 radical (unpaired) electrons. The number of hydrogen-bond donors (Lipinski definition) is 1. The summed E-state index contributed by atoms with van der Waals surface area (Å²) in [6.07, 6.45) is 5.22. The van der Waals surface area contributed by atoms with Gasteiger partial charge < -0.3 is 10.5 Å². The second-order valence-electron chi connectivity index (χ2n) is 6.44. The van der Waals surface area contributed by atoms with E-state index in [0.717, 1.165) is 24.6 Å². The van der Waals surface area contributed by atoms with Gasteiger partial charge in [0.1, 0.15) is 11.9 Å². The molecule has 0 spiro atoms. The lowest BCUT2D eigenvalue weighted by molar-refractivity contribution is 0.0678. The topological polar surface area (TPSA) is 35.2 Å². The molecular formula is C18H29NO. The van der Waals surface area contributed by atoms with Gasteiger partial charge in [0.05, 0.1) is 0 Å². The number of hydrogen-bond acceptors (Lipinski definition) is 2. The summed E-state index contributed by atoms with van der Waals surface area (Å²) in [5.74, 6) is 2.37. The maximum absolute atomic E-state index is 6.40. The number of nitrogens with two attached hydrogens (primary N) is 1. The number of aryl methyl sites for hydroxylation is 2. The van der Waals surface area contributed by atoms with Crippen LogP contribution >= 0.6 is 0 Å². The Kier molecular flexibility index (Phi) is 5.09. The standard InChI is InChI=1S/C18H29NO/c1-5-15-6-7-16(11-19)18(10-15)20-17-9-12(2)8-13(3)14(17)4/h8-9,15-16,18H,5-7,10-11,19H2,1-4H3. The van der Waals surface area contributed by atoms with Crippen molar-refractivity contribution < 1.29 is 4.74 Å². The molecule has 1 aromatic rings. The van der Waals surface area contributed by atoms with Crippen molar-refractivity contribution in [3.8, 4) is 5.75 Å². The Morgan fingerprint density at radius 2 is 1.95 bits per heavy atom. The number of rotatable bonds is 4. The van der Waals surface area contributed by atoms with Gasteiger partial charge in [-0.3, -0.25) is 0 Å². The maximum Gasteiger partial charge on any atom is 0.123 e. The highest BCUT2D eigenvalue weighted by Gasteiger charge is 2.30. The summed E-state index contributed by atoms with van der Waals surface area (Å²) < 4.78 is 6.40. The van der Waals surface area contributed by atoms with E-state index in [0.29, 0.717) is 12.0 Å². The molecule has 20 heavy (non-hydrogen) atoms. The van der Waals surface area contributed by atoms with Crippen LogP contribution in [0.4, 0.5) is 0 Å². The summed E-state index contributed by atoms with van der Waals surface area (Å²) in [4.78, 5) is 0. The first-order valence-electron chi connectivity index (χ1n) is 7.99. The predicted molar refractivity (Wildman–Crippen MR) is 85.2 cm³/mol. The zero-order valence-corrected chi connectivity index (χ0v) is 13.4. The van der Waals surface area contributed by atoms with Gasteiger partial charge in [0.25, 0.3) is 0 Å². The molecule has 2 nitrogen and oxygen atoms in total. The van der Waals surface area contributed by atoms with Gasteiger partial charge in [-0.2, -0.15) is 0 Å². The summed E-state index contributed by atoms with van der Waals surface area (Å²) in [7, 11) is 0. The Labute approximate surface area is 123 Å². The van der Waals surface area contributed by atoms with Crippen LogP contribution in [0.3, 0.4) is 0 Å². The predicted octanol–water partition coefficient (Wildman–Crippen LogP) is 4.14. The van der Waals surface area contributed by atoms with Crippen LogP contribution in [0.1, 0.15) is 49.3 Å². The molecule has 2 N–H and O–H groups in total. The van der Waals surface area contributed by atoms with E-state index >= 15 is 0 Å². The zero-order chi connectivity index (χ0) is 14.7. The summed E-state index contributed by atoms with van der Waals surface area (Å²) in [5.41, 5.74) is 9.81. The number of ether oxygens (including phenoxy) is 1. The molecule has 112 valence electrons. The highest BCUT2D eigenvalue weighted by atomic mass is 16.5. The van der Waals surface area contributed by atoms with Gasteiger partial charge in [-0.05, 0) is 75.3 Å². The maximum atomic E-state index is 6.40. The molecule has 0 saturated heterocycles. The van der Waals surface area contributed by atoms with Gasteiger partial charge in [0.15, 0.2) is 0 Å². The van der Waals surface area contributed by atoms with Crippen LogP contribution in [0, 0.1) is 32.6 Å². The minimum atomic E-state index is 0.290. The lowest BCUT2D eigenvalue weighted by atomic mass is 9.78. The first-order valence-corrected chi connectivity index (χ1v) is 7.99. The first-order chi connectivity index (χ1) is 9.55. The molecule has 2 rings (SSSR count). The molecule has 1 saturated carbocycles. The fourth-order valence-corrected chi connectivity index (χ4v) is 3.35. The van der Waals surface area contributed by atoms with Crippen molar-refractivity contribution in [1.82, 2.24) is 0 Å². The molecule has 0 aliphatic heterocycles. The van der Waals surface area contributed by atoms with Crippen LogP contribution in [0.25, 0.3) is 0 Å². The van der Waals surface area contributed by atoms with Crippen LogP contribution in [-0.4, -0.2) is 12.6 Å². The summed E-state index contributed by atoms with van der Waals surface area (Å²) in [6.45, 7) is 9.47. The van der Waals surface area contributed by atoms with Gasteiger partial charge in [-0.15, -0.1) is 0 Å². The zero-order valence-electron chi connectivity index (χ0n) is 13.4. The molecule has 3 atom stereocenters. The largest absolute Gasteiger partial charge is 0.490 e. The smallest absolute Gasteiger partial charge is 0.123 e. The van der Waals surface area contributed by atoms with Crippen molar-refractivity contribution in [1.29, 1.82) is 0 Å². The molecule has 0 aromatic heterocycles. The highest BCUT2D eigenvalue weighted by Crippen LogP contribution is 2.34. The normalized spacial score (nSPS) is 26.6. The minimum Gasteiger partial charge on any atom is -0.490 e. The van der Waals surface area contributed by atoms with E-state index < -0.39 is 0 Å². The molecule has 1 fully saturated rings. The van der Waals surface area contributed by atoms with E-state index in [2.05, 4.69) is 39.8 Å². The first kappa shape index (κ1) is 15.4. The van der Waals surface area contributed by atoms with Crippen molar-refractivity contribution in [2.24, 2.45) is 17.6 Å². The third-order valence-electron chi connectivity index (χ3n) is 4.96. The quantitative estimate of drug-likeness (QED) is 0.896. The molecular weight excluding hydrogens is 246 g/mol. The molecule has 2 heteroatoms. The van der Waals surface area contributed by atoms with Gasteiger partial charge in [0, 0.05) is 5.92 Å².